The summed E-state index contributed by atoms with van der Waals surface area (Å²) < 4.78 is 2.34. The van der Waals surface area contributed by atoms with Crippen LogP contribution in [-0.2, 0) is 0 Å². The first kappa shape index (κ1) is 26.0. The van der Waals surface area contributed by atoms with Crippen LogP contribution in [0.15, 0.2) is 170 Å². The molecule has 0 aliphatic carbocycles. The van der Waals surface area contributed by atoms with Crippen molar-refractivity contribution in [1.82, 2.24) is 9.38 Å². The molecule has 0 amide bonds. The van der Waals surface area contributed by atoms with Gasteiger partial charge in [0, 0.05) is 16.3 Å². The van der Waals surface area contributed by atoms with Gasteiger partial charge in [-0.05, 0) is 73.1 Å². The van der Waals surface area contributed by atoms with E-state index < -0.39 is 0 Å². The van der Waals surface area contributed by atoms with Crippen molar-refractivity contribution in [3.8, 4) is 44.8 Å². The zero-order chi connectivity index (χ0) is 30.9. The van der Waals surface area contributed by atoms with E-state index in [1.807, 2.05) is 0 Å². The summed E-state index contributed by atoms with van der Waals surface area (Å²) >= 11 is 0. The molecule has 2 nitrogen and oxygen atoms in total. The molecule has 10 aromatic rings. The molecule has 2 aromatic heterocycles. The largest absolute Gasteiger partial charge is 0.291 e. The summed E-state index contributed by atoms with van der Waals surface area (Å²) in [6.07, 6.45) is 0. The second kappa shape index (κ2) is 10.1. The maximum absolute atomic E-state index is 5.08. The average molecular weight is 597 g/mol. The number of para-hydroxylation sites is 1. The fraction of sp³-hybridized carbons (Fsp3) is 0. The molecule has 0 spiro atoms. The number of fused-ring (bicyclic) bond motifs is 5. The van der Waals surface area contributed by atoms with Gasteiger partial charge in [-0.3, -0.25) is 4.40 Å². The molecule has 2 heterocycles. The van der Waals surface area contributed by atoms with Crippen LogP contribution >= 0.6 is 0 Å². The van der Waals surface area contributed by atoms with Gasteiger partial charge in [0.1, 0.15) is 5.82 Å². The van der Waals surface area contributed by atoms with Crippen molar-refractivity contribution in [3.63, 3.8) is 0 Å². The van der Waals surface area contributed by atoms with Crippen molar-refractivity contribution >= 4 is 48.9 Å². The van der Waals surface area contributed by atoms with Gasteiger partial charge < -0.3 is 0 Å². The molecule has 0 fully saturated rings. The van der Waals surface area contributed by atoms with Gasteiger partial charge in [-0.25, -0.2) is 4.98 Å². The van der Waals surface area contributed by atoms with Gasteiger partial charge in [0.15, 0.2) is 0 Å². The Kier molecular flexibility index (Phi) is 5.61. The number of hydrogen-bond donors (Lipinski definition) is 0. The van der Waals surface area contributed by atoms with E-state index in [0.29, 0.717) is 0 Å². The topological polar surface area (TPSA) is 17.3 Å². The molecule has 2 heteroatoms. The lowest BCUT2D eigenvalue weighted by atomic mass is 9.85. The second-order valence-corrected chi connectivity index (χ2v) is 12.3. The van der Waals surface area contributed by atoms with E-state index >= 15 is 0 Å². The number of imidazole rings is 1. The summed E-state index contributed by atoms with van der Waals surface area (Å²) in [6.45, 7) is 0. The van der Waals surface area contributed by atoms with Crippen LogP contribution in [0.5, 0.6) is 0 Å². The highest BCUT2D eigenvalue weighted by Gasteiger charge is 2.21. The minimum Gasteiger partial charge on any atom is -0.291 e. The Morgan fingerprint density at radius 2 is 0.830 bits per heavy atom. The zero-order valence-corrected chi connectivity index (χ0v) is 25.6. The van der Waals surface area contributed by atoms with Crippen LogP contribution in [-0.4, -0.2) is 9.38 Å². The van der Waals surface area contributed by atoms with Gasteiger partial charge in [0.2, 0.25) is 0 Å². The van der Waals surface area contributed by atoms with Gasteiger partial charge in [0.25, 0.3) is 0 Å². The van der Waals surface area contributed by atoms with Crippen molar-refractivity contribution in [1.29, 1.82) is 0 Å². The third kappa shape index (κ3) is 3.89. The molecule has 0 radical (unpaired) electrons. The quantitative estimate of drug-likeness (QED) is 0.185. The fourth-order valence-corrected chi connectivity index (χ4v) is 7.67. The van der Waals surface area contributed by atoms with Crippen LogP contribution < -0.4 is 0 Å². The maximum Gasteiger partial charge on any atom is 0.145 e. The minimum atomic E-state index is 0.984. The Morgan fingerprint density at radius 1 is 0.340 bits per heavy atom. The Morgan fingerprint density at radius 3 is 1.47 bits per heavy atom. The molecule has 218 valence electrons. The Bertz CT molecular complexity index is 2700. The van der Waals surface area contributed by atoms with Gasteiger partial charge in [0.05, 0.1) is 16.6 Å². The maximum atomic E-state index is 5.08. The highest BCUT2D eigenvalue weighted by molar-refractivity contribution is 6.23. The average Bonchev–Trinajstić information content (AvgIpc) is 3.70. The van der Waals surface area contributed by atoms with Crippen LogP contribution in [0.2, 0.25) is 0 Å². The molecule has 0 saturated carbocycles. The molecule has 0 atom stereocenters. The van der Waals surface area contributed by atoms with E-state index in [4.69, 9.17) is 4.98 Å². The molecule has 0 aliphatic rings. The van der Waals surface area contributed by atoms with Crippen molar-refractivity contribution in [2.75, 3.05) is 0 Å². The molecule has 0 aliphatic heterocycles. The van der Waals surface area contributed by atoms with E-state index in [0.717, 1.165) is 16.9 Å². The number of nitrogens with zero attached hydrogens (tertiary/aromatic N) is 2. The van der Waals surface area contributed by atoms with Gasteiger partial charge in [-0.1, -0.05) is 152 Å². The van der Waals surface area contributed by atoms with Crippen LogP contribution in [0.1, 0.15) is 0 Å². The van der Waals surface area contributed by atoms with Crippen molar-refractivity contribution in [2.24, 2.45) is 0 Å². The van der Waals surface area contributed by atoms with E-state index in [1.165, 1.54) is 76.7 Å². The SMILES string of the molecule is c1ccc(-c2ccc(-c3c4ccccc4c(-c4ccc5c(c4)c4cccc6nc(-c7ccccc7)n5c64)c4ccccc34)cc2)cc1. The molecule has 8 aromatic carbocycles. The Labute approximate surface area is 272 Å². The lowest BCUT2D eigenvalue weighted by Gasteiger charge is -2.18. The molecule has 0 saturated heterocycles. The molecule has 0 bridgehead atoms. The van der Waals surface area contributed by atoms with E-state index in [-0.39, 0.29) is 0 Å². The fourth-order valence-electron chi connectivity index (χ4n) is 7.67. The molecular formula is C45H28N2. The monoisotopic (exact) mass is 596 g/mol. The number of hydrogen-bond acceptors (Lipinski definition) is 1. The van der Waals surface area contributed by atoms with Crippen LogP contribution in [0.4, 0.5) is 0 Å². The zero-order valence-electron chi connectivity index (χ0n) is 25.6. The standard InChI is InChI=1S/C45H28N2/c1-3-12-29(13-4-1)30-22-24-31(25-23-30)42-34-16-7-9-18-36(34)43(37-19-10-8-17-35(37)42)33-26-27-41-39(28-33)38-20-11-21-40-44(38)47(41)45(46-40)32-14-5-2-6-15-32/h1-28H. The van der Waals surface area contributed by atoms with Crippen molar-refractivity contribution in [3.05, 3.63) is 170 Å². The summed E-state index contributed by atoms with van der Waals surface area (Å²) in [5.41, 5.74) is 12.0. The summed E-state index contributed by atoms with van der Waals surface area (Å²) in [4.78, 5) is 5.08. The lowest BCUT2D eigenvalue weighted by molar-refractivity contribution is 1.23. The second-order valence-electron chi connectivity index (χ2n) is 12.3. The summed E-state index contributed by atoms with van der Waals surface area (Å²) in [6, 6.07) is 61.4. The first-order valence-corrected chi connectivity index (χ1v) is 16.1. The Balaban J connectivity index is 1.22. The van der Waals surface area contributed by atoms with Gasteiger partial charge >= 0.3 is 0 Å². The molecule has 47 heavy (non-hydrogen) atoms. The van der Waals surface area contributed by atoms with Crippen molar-refractivity contribution in [2.45, 2.75) is 0 Å². The highest BCUT2D eigenvalue weighted by Crippen LogP contribution is 2.45. The van der Waals surface area contributed by atoms with Crippen LogP contribution in [0, 0.1) is 0 Å². The molecular weight excluding hydrogens is 569 g/mol. The molecule has 10 rings (SSSR count). The minimum absolute atomic E-state index is 0.984. The molecule has 0 N–H and O–H groups in total. The number of benzene rings is 8. The predicted octanol–water partition coefficient (Wildman–Crippen LogP) is 12.1. The first-order valence-electron chi connectivity index (χ1n) is 16.1. The highest BCUT2D eigenvalue weighted by atomic mass is 15.0. The number of aromatic nitrogens is 2. The smallest absolute Gasteiger partial charge is 0.145 e. The normalized spacial score (nSPS) is 11.8. The van der Waals surface area contributed by atoms with E-state index in [1.54, 1.807) is 0 Å². The van der Waals surface area contributed by atoms with Crippen LogP contribution in [0.3, 0.4) is 0 Å². The summed E-state index contributed by atoms with van der Waals surface area (Å²) in [7, 11) is 0. The molecule has 0 unspecified atom stereocenters. The predicted molar refractivity (Wildman–Crippen MR) is 198 cm³/mol. The number of rotatable bonds is 4. The van der Waals surface area contributed by atoms with Gasteiger partial charge in [-0.15, -0.1) is 0 Å². The summed E-state index contributed by atoms with van der Waals surface area (Å²) in [5.74, 6) is 0.984. The Hall–Kier alpha value is -6.25. The third-order valence-corrected chi connectivity index (χ3v) is 9.74. The summed E-state index contributed by atoms with van der Waals surface area (Å²) in [5, 5.41) is 7.52. The lowest BCUT2D eigenvalue weighted by Crippen LogP contribution is -1.91. The van der Waals surface area contributed by atoms with E-state index in [2.05, 4.69) is 174 Å². The van der Waals surface area contributed by atoms with Crippen LogP contribution in [0.25, 0.3) is 93.6 Å². The van der Waals surface area contributed by atoms with Gasteiger partial charge in [-0.2, -0.15) is 0 Å². The third-order valence-electron chi connectivity index (χ3n) is 9.74. The first-order chi connectivity index (χ1) is 23.3. The van der Waals surface area contributed by atoms with E-state index in [9.17, 15) is 0 Å². The van der Waals surface area contributed by atoms with Crippen molar-refractivity contribution < 1.29 is 0 Å².